The second-order valence-corrected chi connectivity index (χ2v) is 6.48. The van der Waals surface area contributed by atoms with Crippen LogP contribution in [0.15, 0.2) is 54.6 Å². The van der Waals surface area contributed by atoms with Crippen molar-refractivity contribution in [2.24, 2.45) is 0 Å². The Morgan fingerprint density at radius 2 is 1.72 bits per heavy atom. The summed E-state index contributed by atoms with van der Waals surface area (Å²) in [5.41, 5.74) is 0.165. The molecule has 29 heavy (non-hydrogen) atoms. The lowest BCUT2D eigenvalue weighted by Crippen LogP contribution is -2.41. The van der Waals surface area contributed by atoms with Crippen molar-refractivity contribution in [1.82, 2.24) is 4.90 Å². The molecule has 0 aromatic heterocycles. The number of carbonyl (C=O) groups is 3. The molecule has 0 bridgehead atoms. The third kappa shape index (κ3) is 5.13. The van der Waals surface area contributed by atoms with Crippen LogP contribution in [0.3, 0.4) is 0 Å². The molecule has 9 heteroatoms. The van der Waals surface area contributed by atoms with Gasteiger partial charge in [0.1, 0.15) is 13.0 Å². The Morgan fingerprint density at radius 3 is 2.34 bits per heavy atom. The Labute approximate surface area is 164 Å². The number of cyclic esters (lactones) is 1. The highest BCUT2D eigenvalue weighted by Gasteiger charge is 2.38. The fraction of sp³-hybridized carbons (Fsp3) is 0.250. The minimum Gasteiger partial charge on any atom is -0.447 e. The lowest BCUT2D eigenvalue weighted by Gasteiger charge is -2.19. The van der Waals surface area contributed by atoms with Crippen molar-refractivity contribution in [2.75, 3.05) is 11.9 Å². The van der Waals surface area contributed by atoms with Crippen LogP contribution in [0.5, 0.6) is 0 Å². The summed E-state index contributed by atoms with van der Waals surface area (Å²) in [4.78, 5) is 37.4. The molecule has 3 amide bonds. The summed E-state index contributed by atoms with van der Waals surface area (Å²) in [6.45, 7) is 0.0278. The van der Waals surface area contributed by atoms with Crippen molar-refractivity contribution >= 4 is 23.6 Å². The molecule has 2 aromatic rings. The molecule has 1 atom stereocenters. The van der Waals surface area contributed by atoms with Gasteiger partial charge in [0.05, 0.1) is 11.6 Å². The van der Waals surface area contributed by atoms with Crippen molar-refractivity contribution < 1.29 is 32.3 Å². The van der Waals surface area contributed by atoms with E-state index in [1.807, 2.05) is 30.3 Å². The van der Waals surface area contributed by atoms with Gasteiger partial charge in [-0.1, -0.05) is 30.3 Å². The highest BCUT2D eigenvalue weighted by molar-refractivity contribution is 6.07. The Bertz CT molecular complexity index is 898. The van der Waals surface area contributed by atoms with E-state index in [4.69, 9.17) is 4.74 Å². The van der Waals surface area contributed by atoms with E-state index in [2.05, 4.69) is 5.32 Å². The molecule has 2 aromatic carbocycles. The summed E-state index contributed by atoms with van der Waals surface area (Å²) >= 11 is 0. The largest absolute Gasteiger partial charge is 0.447 e. The Balaban J connectivity index is 1.60. The highest BCUT2D eigenvalue weighted by Crippen LogP contribution is 2.29. The number of hydrogen-bond acceptors (Lipinski definition) is 4. The van der Waals surface area contributed by atoms with E-state index < -0.39 is 42.1 Å². The number of nitrogens with zero attached hydrogens (tertiary/aromatic N) is 1. The number of imide groups is 1. The van der Waals surface area contributed by atoms with Gasteiger partial charge in [-0.15, -0.1) is 0 Å². The van der Waals surface area contributed by atoms with Gasteiger partial charge in [-0.3, -0.25) is 9.59 Å². The molecule has 0 unspecified atom stereocenters. The molecule has 0 spiro atoms. The fourth-order valence-electron chi connectivity index (χ4n) is 2.97. The third-order valence-electron chi connectivity index (χ3n) is 4.35. The average Bonchev–Trinajstić information content (AvgIpc) is 3.02. The number of anilines is 1. The van der Waals surface area contributed by atoms with Gasteiger partial charge >= 0.3 is 12.3 Å². The molecule has 0 radical (unpaired) electrons. The molecule has 1 N–H and O–H groups in total. The first-order chi connectivity index (χ1) is 13.7. The van der Waals surface area contributed by atoms with Gasteiger partial charge < -0.3 is 10.1 Å². The topological polar surface area (TPSA) is 75.7 Å². The number of nitrogens with one attached hydrogen (secondary N) is 1. The molecule has 6 nitrogen and oxygen atoms in total. The lowest BCUT2D eigenvalue weighted by molar-refractivity contribution is -0.137. The highest BCUT2D eigenvalue weighted by atomic mass is 19.4. The number of rotatable bonds is 5. The smallest absolute Gasteiger partial charge is 0.416 e. The maximum atomic E-state index is 12.6. The number of halogens is 3. The lowest BCUT2D eigenvalue weighted by atomic mass is 10.1. The average molecular weight is 406 g/mol. The first kappa shape index (κ1) is 20.4. The molecule has 1 saturated heterocycles. The Hall–Kier alpha value is -3.36. The van der Waals surface area contributed by atoms with Gasteiger partial charge in [0.25, 0.3) is 0 Å². The van der Waals surface area contributed by atoms with Crippen molar-refractivity contribution in [2.45, 2.75) is 25.1 Å². The second-order valence-electron chi connectivity index (χ2n) is 6.48. The van der Waals surface area contributed by atoms with Crippen LogP contribution in [-0.4, -0.2) is 35.5 Å². The molecule has 1 fully saturated rings. The summed E-state index contributed by atoms with van der Waals surface area (Å²) in [7, 11) is 0. The quantitative estimate of drug-likeness (QED) is 0.770. The van der Waals surface area contributed by atoms with Crippen LogP contribution in [0.1, 0.15) is 17.5 Å². The van der Waals surface area contributed by atoms with Gasteiger partial charge in [0, 0.05) is 5.69 Å². The third-order valence-corrected chi connectivity index (χ3v) is 4.35. The minimum absolute atomic E-state index is 0.0278. The zero-order valence-corrected chi connectivity index (χ0v) is 15.1. The van der Waals surface area contributed by atoms with Crippen molar-refractivity contribution in [3.8, 4) is 0 Å². The standard InChI is InChI=1S/C20H17F3N2O4/c21-20(22,23)14-6-8-15(9-7-14)24-17(26)11-18(27)25-16(12-29-19(25)28)10-13-4-2-1-3-5-13/h1-9,16H,10-12H2,(H,24,26)/t16-/m0/s1. The van der Waals surface area contributed by atoms with E-state index in [1.165, 1.54) is 0 Å². The van der Waals surface area contributed by atoms with Gasteiger partial charge in [0.2, 0.25) is 11.8 Å². The molecular formula is C20H17F3N2O4. The molecular weight excluding hydrogens is 389 g/mol. The van der Waals surface area contributed by atoms with Gasteiger partial charge in [-0.05, 0) is 36.2 Å². The predicted molar refractivity (Wildman–Crippen MR) is 96.8 cm³/mol. The number of benzene rings is 2. The van der Waals surface area contributed by atoms with Crippen molar-refractivity contribution in [1.29, 1.82) is 0 Å². The van der Waals surface area contributed by atoms with E-state index in [9.17, 15) is 27.6 Å². The molecule has 1 aliphatic heterocycles. The van der Waals surface area contributed by atoms with Crippen molar-refractivity contribution in [3.05, 3.63) is 65.7 Å². The van der Waals surface area contributed by atoms with Crippen LogP contribution in [0.4, 0.5) is 23.7 Å². The van der Waals surface area contributed by atoms with E-state index >= 15 is 0 Å². The van der Waals surface area contributed by atoms with Crippen LogP contribution < -0.4 is 5.32 Å². The molecule has 0 saturated carbocycles. The van der Waals surface area contributed by atoms with Crippen LogP contribution in [0.2, 0.25) is 0 Å². The number of hydrogen-bond donors (Lipinski definition) is 1. The van der Waals surface area contributed by atoms with Crippen LogP contribution >= 0.6 is 0 Å². The predicted octanol–water partition coefficient (Wildman–Crippen LogP) is 3.62. The second kappa shape index (κ2) is 8.34. The SMILES string of the molecule is O=C(CC(=O)N1C(=O)OC[C@@H]1Cc1ccccc1)Nc1ccc(C(F)(F)F)cc1. The number of amides is 3. The first-order valence-electron chi connectivity index (χ1n) is 8.74. The van der Waals surface area contributed by atoms with Crippen LogP contribution in [0.25, 0.3) is 0 Å². The van der Waals surface area contributed by atoms with Crippen LogP contribution in [-0.2, 0) is 26.9 Å². The summed E-state index contributed by atoms with van der Waals surface area (Å²) < 4.78 is 42.7. The maximum absolute atomic E-state index is 12.6. The summed E-state index contributed by atoms with van der Waals surface area (Å²) in [5, 5.41) is 2.35. The maximum Gasteiger partial charge on any atom is 0.416 e. The summed E-state index contributed by atoms with van der Waals surface area (Å²) in [6, 6.07) is 12.5. The Kier molecular flexibility index (Phi) is 5.86. The van der Waals surface area contributed by atoms with E-state index in [1.54, 1.807) is 0 Å². The number of ether oxygens (including phenoxy) is 1. The Morgan fingerprint density at radius 1 is 1.07 bits per heavy atom. The van der Waals surface area contributed by atoms with E-state index in [-0.39, 0.29) is 12.3 Å². The van der Waals surface area contributed by atoms with E-state index in [0.29, 0.717) is 6.42 Å². The normalized spacial score (nSPS) is 16.4. The van der Waals surface area contributed by atoms with Gasteiger partial charge in [-0.25, -0.2) is 9.69 Å². The summed E-state index contributed by atoms with van der Waals surface area (Å²) in [5.74, 6) is -1.48. The molecule has 0 aliphatic carbocycles. The van der Waals surface area contributed by atoms with Gasteiger partial charge in [0.15, 0.2) is 0 Å². The van der Waals surface area contributed by atoms with Crippen molar-refractivity contribution in [3.63, 3.8) is 0 Å². The monoisotopic (exact) mass is 406 g/mol. The van der Waals surface area contributed by atoms with Crippen LogP contribution in [0, 0.1) is 0 Å². The van der Waals surface area contributed by atoms with Gasteiger partial charge in [-0.2, -0.15) is 13.2 Å². The number of alkyl halides is 3. The summed E-state index contributed by atoms with van der Waals surface area (Å²) in [6.07, 6.45) is -5.55. The zero-order chi connectivity index (χ0) is 21.0. The first-order valence-corrected chi connectivity index (χ1v) is 8.74. The zero-order valence-electron chi connectivity index (χ0n) is 15.1. The fourth-order valence-corrected chi connectivity index (χ4v) is 2.97. The van der Waals surface area contributed by atoms with E-state index in [0.717, 1.165) is 34.7 Å². The molecule has 1 heterocycles. The minimum atomic E-state index is -4.48. The molecule has 3 rings (SSSR count). The molecule has 152 valence electrons. The number of carbonyl (C=O) groups excluding carboxylic acids is 3. The molecule has 1 aliphatic rings.